The van der Waals surface area contributed by atoms with E-state index >= 15 is 0 Å². The van der Waals surface area contributed by atoms with Gasteiger partial charge in [-0.1, -0.05) is 13.3 Å². The predicted molar refractivity (Wildman–Crippen MR) is 66.6 cm³/mol. The number of carbonyl (C=O) groups excluding carboxylic acids is 1. The van der Waals surface area contributed by atoms with Gasteiger partial charge < -0.3 is 15.2 Å². The molecule has 3 atom stereocenters. The van der Waals surface area contributed by atoms with E-state index in [9.17, 15) is 9.90 Å². The Morgan fingerprint density at radius 3 is 2.94 bits per heavy atom. The zero-order valence-electron chi connectivity index (χ0n) is 10.9. The van der Waals surface area contributed by atoms with Gasteiger partial charge >= 0.3 is 0 Å². The van der Waals surface area contributed by atoms with Gasteiger partial charge in [0.15, 0.2) is 0 Å². The van der Waals surface area contributed by atoms with Crippen LogP contribution in [-0.2, 0) is 9.53 Å². The number of aliphatic hydroxyl groups is 1. The van der Waals surface area contributed by atoms with E-state index in [0.29, 0.717) is 25.5 Å². The van der Waals surface area contributed by atoms with Crippen molar-refractivity contribution in [3.63, 3.8) is 0 Å². The molecule has 4 heteroatoms. The van der Waals surface area contributed by atoms with Gasteiger partial charge in [-0.2, -0.15) is 0 Å². The summed E-state index contributed by atoms with van der Waals surface area (Å²) in [5.41, 5.74) is 0. The van der Waals surface area contributed by atoms with Crippen LogP contribution in [0.2, 0.25) is 0 Å². The van der Waals surface area contributed by atoms with Crippen molar-refractivity contribution >= 4 is 5.91 Å². The highest BCUT2D eigenvalue weighted by Crippen LogP contribution is 2.23. The molecule has 1 fully saturated rings. The molecule has 3 unspecified atom stereocenters. The molecule has 17 heavy (non-hydrogen) atoms. The Bertz CT molecular complexity index is 233. The summed E-state index contributed by atoms with van der Waals surface area (Å²) in [6, 6.07) is 0. The lowest BCUT2D eigenvalue weighted by Gasteiger charge is -2.26. The maximum absolute atomic E-state index is 11.6. The van der Waals surface area contributed by atoms with Gasteiger partial charge in [-0.25, -0.2) is 0 Å². The normalized spacial score (nSPS) is 26.5. The molecule has 0 aliphatic heterocycles. The Morgan fingerprint density at radius 1 is 1.53 bits per heavy atom. The number of methoxy groups -OCH3 is 1. The van der Waals surface area contributed by atoms with Gasteiger partial charge in [-0.15, -0.1) is 0 Å². The summed E-state index contributed by atoms with van der Waals surface area (Å²) in [6.07, 6.45) is 4.28. The van der Waals surface area contributed by atoms with Gasteiger partial charge in [-0.3, -0.25) is 4.79 Å². The highest BCUT2D eigenvalue weighted by atomic mass is 16.5. The van der Waals surface area contributed by atoms with Crippen LogP contribution in [0.15, 0.2) is 0 Å². The number of amides is 1. The maximum atomic E-state index is 11.6. The van der Waals surface area contributed by atoms with Crippen molar-refractivity contribution < 1.29 is 14.6 Å². The maximum Gasteiger partial charge on any atom is 0.220 e. The van der Waals surface area contributed by atoms with E-state index in [1.165, 1.54) is 0 Å². The van der Waals surface area contributed by atoms with Crippen LogP contribution in [0.1, 0.15) is 39.0 Å². The predicted octanol–water partition coefficient (Wildman–Crippen LogP) is 1.33. The molecule has 2 N–H and O–H groups in total. The Hall–Kier alpha value is -0.610. The molecular weight excluding hydrogens is 218 g/mol. The molecule has 0 aromatic rings. The molecule has 0 aromatic carbocycles. The summed E-state index contributed by atoms with van der Waals surface area (Å²) in [5, 5.41) is 12.5. The largest absolute Gasteiger partial charge is 0.393 e. The van der Waals surface area contributed by atoms with E-state index in [2.05, 4.69) is 5.32 Å². The van der Waals surface area contributed by atoms with Crippen molar-refractivity contribution in [3.8, 4) is 0 Å². The molecule has 1 saturated carbocycles. The molecule has 0 radical (unpaired) electrons. The molecule has 100 valence electrons. The van der Waals surface area contributed by atoms with Crippen molar-refractivity contribution in [1.29, 1.82) is 0 Å². The minimum atomic E-state index is -0.168. The molecule has 0 spiro atoms. The van der Waals surface area contributed by atoms with Gasteiger partial charge in [0.25, 0.3) is 0 Å². The molecule has 0 aromatic heterocycles. The summed E-state index contributed by atoms with van der Waals surface area (Å²) >= 11 is 0. The molecule has 0 heterocycles. The van der Waals surface area contributed by atoms with Crippen LogP contribution in [0, 0.1) is 11.8 Å². The van der Waals surface area contributed by atoms with Crippen molar-refractivity contribution in [2.24, 2.45) is 11.8 Å². The third-order valence-electron chi connectivity index (χ3n) is 3.33. The lowest BCUT2D eigenvalue weighted by molar-refractivity contribution is -0.122. The number of hydrogen-bond donors (Lipinski definition) is 2. The molecule has 0 bridgehead atoms. The second kappa shape index (κ2) is 7.67. The number of aliphatic hydroxyl groups excluding tert-OH is 1. The smallest absolute Gasteiger partial charge is 0.220 e. The zero-order chi connectivity index (χ0) is 12.7. The van der Waals surface area contributed by atoms with Crippen LogP contribution in [0.5, 0.6) is 0 Å². The van der Waals surface area contributed by atoms with Crippen LogP contribution in [0.3, 0.4) is 0 Å². The molecule has 1 aliphatic carbocycles. The Labute approximate surface area is 104 Å². The third kappa shape index (κ3) is 6.03. The number of nitrogens with one attached hydrogen (secondary N) is 1. The first kappa shape index (κ1) is 14.5. The molecule has 1 rings (SSSR count). The van der Waals surface area contributed by atoms with Crippen molar-refractivity contribution in [1.82, 2.24) is 5.32 Å². The topological polar surface area (TPSA) is 58.6 Å². The van der Waals surface area contributed by atoms with E-state index in [1.54, 1.807) is 7.11 Å². The second-order valence-corrected chi connectivity index (χ2v) is 5.26. The van der Waals surface area contributed by atoms with Crippen LogP contribution >= 0.6 is 0 Å². The number of rotatable bonds is 6. The first-order valence-electron chi connectivity index (χ1n) is 6.55. The van der Waals surface area contributed by atoms with E-state index < -0.39 is 0 Å². The zero-order valence-corrected chi connectivity index (χ0v) is 10.9. The highest BCUT2D eigenvalue weighted by Gasteiger charge is 2.20. The Balaban J connectivity index is 2.14. The van der Waals surface area contributed by atoms with Crippen LogP contribution in [0.25, 0.3) is 0 Å². The van der Waals surface area contributed by atoms with Crippen molar-refractivity contribution in [3.05, 3.63) is 0 Å². The Morgan fingerprint density at radius 2 is 2.29 bits per heavy atom. The van der Waals surface area contributed by atoms with Gasteiger partial charge in [0.05, 0.1) is 6.10 Å². The quantitative estimate of drug-likeness (QED) is 0.740. The fourth-order valence-corrected chi connectivity index (χ4v) is 2.44. The van der Waals surface area contributed by atoms with Crippen molar-refractivity contribution in [2.45, 2.75) is 45.1 Å². The van der Waals surface area contributed by atoms with E-state index in [0.717, 1.165) is 25.7 Å². The van der Waals surface area contributed by atoms with Gasteiger partial charge in [0.1, 0.15) is 0 Å². The minimum Gasteiger partial charge on any atom is -0.393 e. The lowest BCUT2D eigenvalue weighted by atomic mass is 9.87. The summed E-state index contributed by atoms with van der Waals surface area (Å²) in [6.45, 7) is 3.33. The number of hydrogen-bond acceptors (Lipinski definition) is 3. The second-order valence-electron chi connectivity index (χ2n) is 5.26. The summed E-state index contributed by atoms with van der Waals surface area (Å²) < 4.78 is 5.00. The standard InChI is InChI=1S/C13H25NO3/c1-10(9-17-2)6-13(16)14-8-11-4-3-5-12(15)7-11/h10-12,15H,3-9H2,1-2H3,(H,14,16). The SMILES string of the molecule is COCC(C)CC(=O)NCC1CCCC(O)C1. The molecule has 4 nitrogen and oxygen atoms in total. The first-order valence-corrected chi connectivity index (χ1v) is 6.55. The minimum absolute atomic E-state index is 0.0922. The first-order chi connectivity index (χ1) is 8.11. The van der Waals surface area contributed by atoms with E-state index in [1.807, 2.05) is 6.92 Å². The Kier molecular flexibility index (Phi) is 6.52. The van der Waals surface area contributed by atoms with Crippen molar-refractivity contribution in [2.75, 3.05) is 20.3 Å². The summed E-state index contributed by atoms with van der Waals surface area (Å²) in [4.78, 5) is 11.6. The molecule has 1 amide bonds. The summed E-state index contributed by atoms with van der Waals surface area (Å²) in [5.74, 6) is 0.798. The fourth-order valence-electron chi connectivity index (χ4n) is 2.44. The molecule has 0 saturated heterocycles. The number of carbonyl (C=O) groups is 1. The third-order valence-corrected chi connectivity index (χ3v) is 3.33. The highest BCUT2D eigenvalue weighted by molar-refractivity contribution is 5.76. The molecule has 1 aliphatic rings. The van der Waals surface area contributed by atoms with E-state index in [-0.39, 0.29) is 17.9 Å². The van der Waals surface area contributed by atoms with Crippen LogP contribution in [-0.4, -0.2) is 37.4 Å². The fraction of sp³-hybridized carbons (Fsp3) is 0.923. The summed E-state index contributed by atoms with van der Waals surface area (Å²) in [7, 11) is 1.65. The lowest BCUT2D eigenvalue weighted by Crippen LogP contribution is -2.33. The van der Waals surface area contributed by atoms with Crippen LogP contribution < -0.4 is 5.32 Å². The van der Waals surface area contributed by atoms with E-state index in [4.69, 9.17) is 4.74 Å². The number of ether oxygens (including phenoxy) is 1. The van der Waals surface area contributed by atoms with Gasteiger partial charge in [0, 0.05) is 26.7 Å². The monoisotopic (exact) mass is 243 g/mol. The van der Waals surface area contributed by atoms with Crippen LogP contribution in [0.4, 0.5) is 0 Å². The average Bonchev–Trinajstić information content (AvgIpc) is 2.27. The van der Waals surface area contributed by atoms with Gasteiger partial charge in [-0.05, 0) is 31.1 Å². The van der Waals surface area contributed by atoms with Gasteiger partial charge in [0.2, 0.25) is 5.91 Å². The molecular formula is C13H25NO3. The average molecular weight is 243 g/mol.